The number of unbranched alkanes of at least 4 members (excludes halogenated alkanes) is 1. The molecule has 0 N–H and O–H groups in total. The third-order valence-corrected chi connectivity index (χ3v) is 6.37. The molecular formula is C18H21NO2S. The Balaban J connectivity index is 2.12. The van der Waals surface area contributed by atoms with Gasteiger partial charge in [0.15, 0.2) is 0 Å². The van der Waals surface area contributed by atoms with Crippen molar-refractivity contribution in [2.45, 2.75) is 37.9 Å². The Morgan fingerprint density at radius 3 is 2.45 bits per heavy atom. The molecule has 2 aromatic carbocycles. The summed E-state index contributed by atoms with van der Waals surface area (Å²) in [7, 11) is -3.37. The average Bonchev–Trinajstić information content (AvgIpc) is 2.53. The first kappa shape index (κ1) is 15.1. The zero-order valence-electron chi connectivity index (χ0n) is 12.8. The van der Waals surface area contributed by atoms with E-state index in [-0.39, 0.29) is 5.25 Å². The Labute approximate surface area is 132 Å². The van der Waals surface area contributed by atoms with E-state index in [4.69, 9.17) is 0 Å². The van der Waals surface area contributed by atoms with Crippen molar-refractivity contribution in [1.29, 1.82) is 0 Å². The van der Waals surface area contributed by atoms with E-state index >= 15 is 0 Å². The summed E-state index contributed by atoms with van der Waals surface area (Å²) in [4.78, 5) is 0. The number of anilines is 2. The van der Waals surface area contributed by atoms with Crippen LogP contribution in [0.1, 0.15) is 31.7 Å². The van der Waals surface area contributed by atoms with Crippen LogP contribution in [-0.2, 0) is 16.4 Å². The molecule has 1 atom stereocenters. The fourth-order valence-corrected chi connectivity index (χ4v) is 5.07. The average molecular weight is 315 g/mol. The van der Waals surface area contributed by atoms with Crippen molar-refractivity contribution in [2.24, 2.45) is 0 Å². The third-order valence-electron chi connectivity index (χ3n) is 4.20. The minimum atomic E-state index is -3.37. The summed E-state index contributed by atoms with van der Waals surface area (Å²) >= 11 is 0. The molecule has 0 aliphatic carbocycles. The number of hydrogen-bond acceptors (Lipinski definition) is 2. The molecule has 0 saturated heterocycles. The van der Waals surface area contributed by atoms with Crippen LogP contribution in [0.15, 0.2) is 54.6 Å². The summed E-state index contributed by atoms with van der Waals surface area (Å²) in [5, 5.41) is -0.331. The number of fused-ring (bicyclic) bond motifs is 1. The van der Waals surface area contributed by atoms with Crippen molar-refractivity contribution < 1.29 is 8.42 Å². The topological polar surface area (TPSA) is 37.4 Å². The molecule has 0 bridgehead atoms. The van der Waals surface area contributed by atoms with Crippen LogP contribution < -0.4 is 4.31 Å². The predicted octanol–water partition coefficient (Wildman–Crippen LogP) is 4.27. The molecule has 4 heteroatoms. The maximum atomic E-state index is 13.1. The van der Waals surface area contributed by atoms with Gasteiger partial charge in [0.05, 0.1) is 16.6 Å². The van der Waals surface area contributed by atoms with Crippen molar-refractivity contribution in [1.82, 2.24) is 0 Å². The summed E-state index contributed by atoms with van der Waals surface area (Å²) in [5.41, 5.74) is 2.62. The lowest BCUT2D eigenvalue weighted by Gasteiger charge is -2.35. The van der Waals surface area contributed by atoms with Crippen LogP contribution in [0.5, 0.6) is 0 Å². The van der Waals surface area contributed by atoms with Gasteiger partial charge >= 0.3 is 0 Å². The maximum absolute atomic E-state index is 13.1. The Bertz CT molecular complexity index is 741. The monoisotopic (exact) mass is 315 g/mol. The summed E-state index contributed by atoms with van der Waals surface area (Å²) in [5.74, 6) is 0. The number of benzene rings is 2. The quantitative estimate of drug-likeness (QED) is 0.845. The minimum absolute atomic E-state index is 0.331. The van der Waals surface area contributed by atoms with Crippen LogP contribution in [-0.4, -0.2) is 13.7 Å². The summed E-state index contributed by atoms with van der Waals surface area (Å²) in [6, 6.07) is 17.2. The molecule has 0 aromatic heterocycles. The number of rotatable bonds is 4. The summed E-state index contributed by atoms with van der Waals surface area (Å²) in [6.45, 7) is 2.10. The Morgan fingerprint density at radius 1 is 1.05 bits per heavy atom. The molecule has 3 nitrogen and oxygen atoms in total. The van der Waals surface area contributed by atoms with E-state index in [1.807, 2.05) is 54.6 Å². The fourth-order valence-electron chi connectivity index (χ4n) is 3.05. The van der Waals surface area contributed by atoms with Crippen molar-refractivity contribution in [3.8, 4) is 0 Å². The fraction of sp³-hybridized carbons (Fsp3) is 0.333. The Hall–Kier alpha value is -1.81. The molecule has 116 valence electrons. The highest BCUT2D eigenvalue weighted by molar-refractivity contribution is 7.93. The van der Waals surface area contributed by atoms with E-state index in [2.05, 4.69) is 6.92 Å². The van der Waals surface area contributed by atoms with Gasteiger partial charge < -0.3 is 0 Å². The number of para-hydroxylation sites is 2. The van der Waals surface area contributed by atoms with Crippen molar-refractivity contribution in [3.05, 3.63) is 60.2 Å². The van der Waals surface area contributed by atoms with Gasteiger partial charge in [0.1, 0.15) is 0 Å². The zero-order chi connectivity index (χ0) is 15.6. The second-order valence-electron chi connectivity index (χ2n) is 5.74. The van der Waals surface area contributed by atoms with E-state index in [0.717, 1.165) is 36.2 Å². The molecular weight excluding hydrogens is 294 g/mol. The largest absolute Gasteiger partial charge is 0.242 e. The first-order valence-corrected chi connectivity index (χ1v) is 9.32. The lowest BCUT2D eigenvalue weighted by molar-refractivity contribution is 0.557. The first-order valence-electron chi connectivity index (χ1n) is 7.81. The van der Waals surface area contributed by atoms with E-state index in [1.54, 1.807) is 0 Å². The van der Waals surface area contributed by atoms with E-state index in [9.17, 15) is 8.42 Å². The molecule has 3 rings (SSSR count). The number of sulfonamides is 1. The van der Waals surface area contributed by atoms with Gasteiger partial charge in [0, 0.05) is 0 Å². The van der Waals surface area contributed by atoms with Crippen LogP contribution >= 0.6 is 0 Å². The highest BCUT2D eigenvalue weighted by atomic mass is 32.2. The second-order valence-corrected chi connectivity index (χ2v) is 7.80. The van der Waals surface area contributed by atoms with Gasteiger partial charge in [-0.3, -0.25) is 0 Å². The third kappa shape index (κ3) is 2.63. The molecule has 0 saturated carbocycles. The zero-order valence-corrected chi connectivity index (χ0v) is 13.6. The van der Waals surface area contributed by atoms with Crippen LogP contribution in [0.3, 0.4) is 0 Å². The smallest absolute Gasteiger partial charge is 0.238 e. The van der Waals surface area contributed by atoms with Gasteiger partial charge in [-0.2, -0.15) is 0 Å². The highest BCUT2D eigenvalue weighted by Gasteiger charge is 2.38. The highest BCUT2D eigenvalue weighted by Crippen LogP contribution is 2.39. The molecule has 0 radical (unpaired) electrons. The van der Waals surface area contributed by atoms with Crippen LogP contribution in [0, 0.1) is 0 Å². The van der Waals surface area contributed by atoms with Gasteiger partial charge in [-0.05, 0) is 36.6 Å². The van der Waals surface area contributed by atoms with Crippen molar-refractivity contribution in [3.63, 3.8) is 0 Å². The summed E-state index contributed by atoms with van der Waals surface area (Å²) in [6.07, 6.45) is 3.28. The van der Waals surface area contributed by atoms with Crippen LogP contribution in [0.4, 0.5) is 11.4 Å². The van der Waals surface area contributed by atoms with E-state index in [0.29, 0.717) is 6.42 Å². The number of hydrogen-bond donors (Lipinski definition) is 0. The summed E-state index contributed by atoms with van der Waals surface area (Å²) < 4.78 is 27.7. The molecule has 1 heterocycles. The van der Waals surface area contributed by atoms with Gasteiger partial charge in [0.25, 0.3) is 0 Å². The molecule has 22 heavy (non-hydrogen) atoms. The second kappa shape index (κ2) is 6.13. The molecule has 1 aliphatic rings. The molecule has 2 aromatic rings. The molecule has 0 spiro atoms. The van der Waals surface area contributed by atoms with Gasteiger partial charge in [-0.25, -0.2) is 12.7 Å². The van der Waals surface area contributed by atoms with Crippen molar-refractivity contribution >= 4 is 21.4 Å². The normalized spacial score (nSPS) is 19.7. The Morgan fingerprint density at radius 2 is 1.73 bits per heavy atom. The molecule has 1 aliphatic heterocycles. The van der Waals surface area contributed by atoms with E-state index in [1.165, 1.54) is 4.31 Å². The van der Waals surface area contributed by atoms with Gasteiger partial charge in [0.2, 0.25) is 10.0 Å². The predicted molar refractivity (Wildman–Crippen MR) is 91.0 cm³/mol. The lowest BCUT2D eigenvalue weighted by atomic mass is 10.0. The maximum Gasteiger partial charge on any atom is 0.242 e. The number of nitrogens with zero attached hydrogens (tertiary/aromatic N) is 1. The van der Waals surface area contributed by atoms with E-state index < -0.39 is 10.0 Å². The van der Waals surface area contributed by atoms with Gasteiger partial charge in [-0.15, -0.1) is 0 Å². The molecule has 0 amide bonds. The molecule has 0 fully saturated rings. The van der Waals surface area contributed by atoms with Gasteiger partial charge in [-0.1, -0.05) is 56.2 Å². The molecule has 1 unspecified atom stereocenters. The minimum Gasteiger partial charge on any atom is -0.238 e. The standard InChI is InChI=1S/C18H21NO2S/c1-2-3-12-17-14-15-9-7-8-13-18(15)19(22(17,20)21)16-10-5-4-6-11-16/h4-11,13,17H,2-3,12,14H2,1H3. The SMILES string of the molecule is CCCCC1Cc2ccccc2N(c2ccccc2)S1(=O)=O. The Kier molecular flexibility index (Phi) is 4.21. The van der Waals surface area contributed by atoms with Crippen LogP contribution in [0.25, 0.3) is 0 Å². The first-order chi connectivity index (χ1) is 10.6. The van der Waals surface area contributed by atoms with Crippen molar-refractivity contribution in [2.75, 3.05) is 4.31 Å². The van der Waals surface area contributed by atoms with Crippen LogP contribution in [0.2, 0.25) is 0 Å². The lowest BCUT2D eigenvalue weighted by Crippen LogP contribution is -2.41.